The van der Waals surface area contributed by atoms with Gasteiger partial charge in [-0.05, 0) is 37.5 Å². The molecule has 1 fully saturated rings. The van der Waals surface area contributed by atoms with Crippen LogP contribution in [0.2, 0.25) is 0 Å². The van der Waals surface area contributed by atoms with Crippen LogP contribution in [-0.4, -0.2) is 18.8 Å². The molecular weight excluding hydrogens is 236 g/mol. The lowest BCUT2D eigenvalue weighted by atomic mass is 9.68. The molecule has 1 unspecified atom stereocenters. The zero-order valence-corrected chi connectivity index (χ0v) is 13.4. The Hall–Kier alpha value is -0.120. The van der Waals surface area contributed by atoms with Gasteiger partial charge in [0.2, 0.25) is 0 Å². The van der Waals surface area contributed by atoms with Crippen molar-refractivity contribution in [2.24, 2.45) is 11.3 Å². The first kappa shape index (κ1) is 16.9. The summed E-state index contributed by atoms with van der Waals surface area (Å²) >= 11 is 0. The SMILES string of the molecule is CCCCCCC(NN)C1(OC)CCC(C)(C)CC1. The van der Waals surface area contributed by atoms with Gasteiger partial charge in [-0.2, -0.15) is 0 Å². The van der Waals surface area contributed by atoms with Crippen molar-refractivity contribution in [3.8, 4) is 0 Å². The number of rotatable bonds is 8. The van der Waals surface area contributed by atoms with Crippen LogP contribution >= 0.6 is 0 Å². The van der Waals surface area contributed by atoms with E-state index in [1.807, 2.05) is 7.11 Å². The van der Waals surface area contributed by atoms with Gasteiger partial charge < -0.3 is 4.74 Å². The number of methoxy groups -OCH3 is 1. The molecule has 1 saturated carbocycles. The van der Waals surface area contributed by atoms with E-state index in [1.54, 1.807) is 0 Å². The van der Waals surface area contributed by atoms with Crippen LogP contribution in [0, 0.1) is 5.41 Å². The van der Waals surface area contributed by atoms with Gasteiger partial charge in [0.25, 0.3) is 0 Å². The van der Waals surface area contributed by atoms with E-state index in [2.05, 4.69) is 26.2 Å². The molecule has 0 spiro atoms. The molecule has 1 aliphatic rings. The molecule has 0 bridgehead atoms. The predicted molar refractivity (Wildman–Crippen MR) is 81.9 cm³/mol. The van der Waals surface area contributed by atoms with Crippen molar-refractivity contribution in [3.63, 3.8) is 0 Å². The first-order valence-corrected chi connectivity index (χ1v) is 8.01. The molecule has 1 aliphatic carbocycles. The number of hydrogen-bond donors (Lipinski definition) is 2. The Morgan fingerprint density at radius 1 is 1.11 bits per heavy atom. The van der Waals surface area contributed by atoms with Gasteiger partial charge >= 0.3 is 0 Å². The largest absolute Gasteiger partial charge is 0.377 e. The highest BCUT2D eigenvalue weighted by molar-refractivity contribution is 4.97. The molecule has 3 nitrogen and oxygen atoms in total. The van der Waals surface area contributed by atoms with Crippen LogP contribution < -0.4 is 11.3 Å². The fourth-order valence-corrected chi connectivity index (χ4v) is 3.32. The van der Waals surface area contributed by atoms with E-state index in [9.17, 15) is 0 Å². The average Bonchev–Trinajstić information content (AvgIpc) is 2.40. The van der Waals surface area contributed by atoms with Crippen molar-refractivity contribution >= 4 is 0 Å². The molecule has 0 amide bonds. The molecule has 0 aliphatic heterocycles. The first-order valence-electron chi connectivity index (χ1n) is 8.01. The molecule has 0 saturated heterocycles. The van der Waals surface area contributed by atoms with E-state index in [0.717, 1.165) is 19.3 Å². The maximum Gasteiger partial charge on any atom is 0.0844 e. The van der Waals surface area contributed by atoms with Crippen molar-refractivity contribution in [1.29, 1.82) is 0 Å². The molecule has 0 heterocycles. The van der Waals surface area contributed by atoms with E-state index in [-0.39, 0.29) is 5.60 Å². The molecule has 114 valence electrons. The van der Waals surface area contributed by atoms with Crippen LogP contribution in [0.5, 0.6) is 0 Å². The van der Waals surface area contributed by atoms with Crippen LogP contribution in [-0.2, 0) is 4.74 Å². The van der Waals surface area contributed by atoms with Crippen molar-refractivity contribution < 1.29 is 4.74 Å². The van der Waals surface area contributed by atoms with E-state index in [1.165, 1.54) is 38.5 Å². The standard InChI is InChI=1S/C16H34N2O/c1-5-6-7-8-9-14(18-17)16(19-4)12-10-15(2,3)11-13-16/h14,18H,5-13,17H2,1-4H3. The van der Waals surface area contributed by atoms with Crippen molar-refractivity contribution in [3.05, 3.63) is 0 Å². The first-order chi connectivity index (χ1) is 8.99. The highest BCUT2D eigenvalue weighted by Crippen LogP contribution is 2.44. The van der Waals surface area contributed by atoms with Gasteiger partial charge in [-0.1, -0.05) is 46.5 Å². The number of ether oxygens (including phenoxy) is 1. The lowest BCUT2D eigenvalue weighted by molar-refractivity contribution is -0.0883. The zero-order chi connectivity index (χ0) is 14.4. The van der Waals surface area contributed by atoms with Crippen LogP contribution in [0.1, 0.15) is 78.6 Å². The molecule has 3 heteroatoms. The maximum atomic E-state index is 5.94. The molecule has 1 atom stereocenters. The third-order valence-corrected chi connectivity index (χ3v) is 5.04. The molecule has 0 aromatic rings. The third kappa shape index (κ3) is 4.73. The van der Waals surface area contributed by atoms with Gasteiger partial charge in [-0.15, -0.1) is 0 Å². The molecule has 0 aromatic carbocycles. The summed E-state index contributed by atoms with van der Waals surface area (Å²) in [6.07, 6.45) is 11.0. The summed E-state index contributed by atoms with van der Waals surface area (Å²) in [5.74, 6) is 5.82. The predicted octanol–water partition coefficient (Wildman–Crippen LogP) is 3.77. The maximum absolute atomic E-state index is 5.94. The fourth-order valence-electron chi connectivity index (χ4n) is 3.32. The minimum absolute atomic E-state index is 0.0452. The van der Waals surface area contributed by atoms with Gasteiger partial charge in [-0.3, -0.25) is 11.3 Å². The molecule has 0 radical (unpaired) electrons. The van der Waals surface area contributed by atoms with Crippen LogP contribution in [0.15, 0.2) is 0 Å². The van der Waals surface area contributed by atoms with E-state index < -0.39 is 0 Å². The van der Waals surface area contributed by atoms with Gasteiger partial charge in [0.05, 0.1) is 11.6 Å². The second kappa shape index (κ2) is 7.61. The highest BCUT2D eigenvalue weighted by atomic mass is 16.5. The summed E-state index contributed by atoms with van der Waals surface area (Å²) in [4.78, 5) is 0. The Balaban J connectivity index is 2.55. The summed E-state index contributed by atoms with van der Waals surface area (Å²) < 4.78 is 5.94. The number of nitrogens with one attached hydrogen (secondary N) is 1. The molecule has 1 rings (SSSR count). The molecule has 0 aromatic heterocycles. The van der Waals surface area contributed by atoms with E-state index in [4.69, 9.17) is 10.6 Å². The van der Waals surface area contributed by atoms with Gasteiger partial charge in [-0.25, -0.2) is 0 Å². The van der Waals surface area contributed by atoms with Gasteiger partial charge in [0.15, 0.2) is 0 Å². The third-order valence-electron chi connectivity index (χ3n) is 5.04. The summed E-state index contributed by atoms with van der Waals surface area (Å²) in [5, 5.41) is 0. The minimum atomic E-state index is -0.0452. The Kier molecular flexibility index (Phi) is 6.78. The summed E-state index contributed by atoms with van der Waals surface area (Å²) in [6, 6.07) is 0.297. The van der Waals surface area contributed by atoms with Crippen molar-refractivity contribution in [2.45, 2.75) is 90.2 Å². The zero-order valence-electron chi connectivity index (χ0n) is 13.4. The van der Waals surface area contributed by atoms with Crippen LogP contribution in [0.3, 0.4) is 0 Å². The Bertz CT molecular complexity index is 243. The fraction of sp³-hybridized carbons (Fsp3) is 1.00. The summed E-state index contributed by atoms with van der Waals surface area (Å²) in [5.41, 5.74) is 3.46. The number of unbranched alkanes of at least 4 members (excludes halogenated alkanes) is 3. The molecule has 19 heavy (non-hydrogen) atoms. The lowest BCUT2D eigenvalue weighted by Crippen LogP contribution is -2.56. The minimum Gasteiger partial charge on any atom is -0.377 e. The second-order valence-electron chi connectivity index (χ2n) is 7.00. The van der Waals surface area contributed by atoms with Gasteiger partial charge in [0, 0.05) is 7.11 Å². The monoisotopic (exact) mass is 270 g/mol. The van der Waals surface area contributed by atoms with E-state index in [0.29, 0.717) is 11.5 Å². The molecule has 3 N–H and O–H groups in total. The quantitative estimate of drug-likeness (QED) is 0.401. The number of hydrogen-bond acceptors (Lipinski definition) is 3. The normalized spacial score (nSPS) is 23.2. The Labute approximate surface area is 119 Å². The summed E-state index contributed by atoms with van der Waals surface area (Å²) in [6.45, 7) is 6.97. The van der Waals surface area contributed by atoms with Crippen LogP contribution in [0.25, 0.3) is 0 Å². The summed E-state index contributed by atoms with van der Waals surface area (Å²) in [7, 11) is 1.86. The van der Waals surface area contributed by atoms with E-state index >= 15 is 0 Å². The smallest absolute Gasteiger partial charge is 0.0844 e. The van der Waals surface area contributed by atoms with Crippen molar-refractivity contribution in [2.75, 3.05) is 7.11 Å². The lowest BCUT2D eigenvalue weighted by Gasteiger charge is -2.47. The van der Waals surface area contributed by atoms with Crippen LogP contribution in [0.4, 0.5) is 0 Å². The Morgan fingerprint density at radius 2 is 1.74 bits per heavy atom. The second-order valence-corrected chi connectivity index (χ2v) is 7.00. The number of hydrazine groups is 1. The molecular formula is C16H34N2O. The Morgan fingerprint density at radius 3 is 2.21 bits per heavy atom. The topological polar surface area (TPSA) is 47.3 Å². The highest BCUT2D eigenvalue weighted by Gasteiger charge is 2.43. The van der Waals surface area contributed by atoms with Gasteiger partial charge in [0.1, 0.15) is 0 Å². The van der Waals surface area contributed by atoms with Crippen molar-refractivity contribution in [1.82, 2.24) is 5.43 Å². The number of nitrogens with two attached hydrogens (primary N) is 1. The average molecular weight is 270 g/mol.